The maximum absolute atomic E-state index is 13.9. The Bertz CT molecular complexity index is 1200. The molecule has 10 aliphatic rings. The Kier molecular flexibility index (Phi) is 11.5. The number of fused-ring (bicyclic) bond motifs is 6. The lowest BCUT2D eigenvalue weighted by molar-refractivity contribution is -0.866. The number of unbranched alkanes of at least 4 members (excludes halogenated alkanes) is 4. The number of urea groups is 1. The predicted molar refractivity (Wildman–Crippen MR) is 204 cm³/mol. The van der Waals surface area contributed by atoms with E-state index in [2.05, 4.69) is 34.7 Å². The molecule has 0 spiro atoms. The zero-order chi connectivity index (χ0) is 35.6. The van der Waals surface area contributed by atoms with Crippen molar-refractivity contribution in [3.63, 3.8) is 0 Å². The summed E-state index contributed by atoms with van der Waals surface area (Å²) in [5.41, 5.74) is 0.395. The smallest absolute Gasteiger partial charge is 0.356 e. The van der Waals surface area contributed by atoms with Gasteiger partial charge in [-0.15, -0.1) is 0 Å². The lowest BCUT2D eigenvalue weighted by Crippen LogP contribution is -2.72. The quantitative estimate of drug-likeness (QED) is 0.101. The third-order valence-electron chi connectivity index (χ3n) is 16.0. The molecule has 0 aromatic heterocycles. The van der Waals surface area contributed by atoms with Crippen molar-refractivity contribution in [2.75, 3.05) is 58.9 Å². The minimum atomic E-state index is 0.0454. The zero-order valence-electron chi connectivity index (χ0n) is 32.8. The summed E-state index contributed by atoms with van der Waals surface area (Å²) in [7, 11) is 0. The maximum Gasteiger partial charge on any atom is 0.416 e. The fourth-order valence-electron chi connectivity index (χ4n) is 13.7. The zero-order valence-corrected chi connectivity index (χ0v) is 32.8. The van der Waals surface area contributed by atoms with Gasteiger partial charge in [-0.05, 0) is 129 Å². The number of hydrogen-bond donors (Lipinski definition) is 3. The molecule has 8 nitrogen and oxygen atoms in total. The van der Waals surface area contributed by atoms with Crippen molar-refractivity contribution in [3.8, 4) is 0 Å². The van der Waals surface area contributed by atoms with Crippen LogP contribution in [0, 0.1) is 39.4 Å². The van der Waals surface area contributed by atoms with Crippen LogP contribution in [0.5, 0.6) is 0 Å². The van der Waals surface area contributed by atoms with Crippen LogP contribution in [-0.2, 0) is 9.59 Å². The van der Waals surface area contributed by atoms with E-state index < -0.39 is 0 Å². The molecule has 3 aliphatic heterocycles. The second-order valence-electron chi connectivity index (χ2n) is 20.1. The van der Waals surface area contributed by atoms with Crippen molar-refractivity contribution in [1.82, 2.24) is 20.9 Å². The predicted octanol–water partition coefficient (Wildman–Crippen LogP) is 7.56. The van der Waals surface area contributed by atoms with Crippen molar-refractivity contribution in [1.29, 1.82) is 0 Å². The highest BCUT2D eigenvalue weighted by Crippen LogP contribution is 2.69. The van der Waals surface area contributed by atoms with E-state index in [4.69, 9.17) is 0 Å². The normalized spacial score (nSPS) is 39.0. The number of hydrogen-bond acceptors (Lipinski definition) is 4. The van der Waals surface area contributed by atoms with Crippen LogP contribution in [0.4, 0.5) is 4.79 Å². The van der Waals surface area contributed by atoms with Gasteiger partial charge in [0.2, 0.25) is 11.8 Å². The number of amides is 4. The molecule has 3 N–H and O–H groups in total. The highest BCUT2D eigenvalue weighted by atomic mass is 16.2. The van der Waals surface area contributed by atoms with E-state index in [0.29, 0.717) is 29.2 Å². The summed E-state index contributed by atoms with van der Waals surface area (Å²) >= 11 is 0. The molecular formula is C43H74N5O3+. The molecule has 7 aliphatic carbocycles. The summed E-state index contributed by atoms with van der Waals surface area (Å²) in [5, 5.41) is 10.7. The van der Waals surface area contributed by atoms with Crippen LogP contribution in [0.2, 0.25) is 0 Å². The van der Waals surface area contributed by atoms with E-state index in [9.17, 15) is 14.4 Å². The van der Waals surface area contributed by atoms with Crippen molar-refractivity contribution >= 4 is 17.8 Å². The van der Waals surface area contributed by atoms with Gasteiger partial charge in [0.05, 0.1) is 0 Å². The molecule has 4 amide bonds. The van der Waals surface area contributed by atoms with E-state index in [1.807, 2.05) is 0 Å². The molecule has 8 heteroatoms. The topological polar surface area (TPSA) is 90.5 Å². The van der Waals surface area contributed by atoms with Gasteiger partial charge in [0.25, 0.3) is 0 Å². The molecule has 0 aromatic carbocycles. The summed E-state index contributed by atoms with van der Waals surface area (Å²) in [6.07, 6.45) is 25.6. The summed E-state index contributed by atoms with van der Waals surface area (Å²) in [5.74, 6) is 2.52. The summed E-state index contributed by atoms with van der Waals surface area (Å²) in [4.78, 5) is 43.8. The minimum absolute atomic E-state index is 0.0454. The molecule has 4 atom stereocenters. The molecule has 288 valence electrons. The SMILES string of the molecule is CCCCCC(CCCCC)CC(=O)NCC12CC3CC(CNC(=O)CC45CCC(CC4)CC5)(C1)CC(CNC(=O)[N+]14CCN(CC1)CC4)(C3)C2. The summed E-state index contributed by atoms with van der Waals surface area (Å²) in [6.45, 7) is 12.7. The first-order valence-electron chi connectivity index (χ1n) is 22.0. The molecule has 0 aromatic rings. The van der Waals surface area contributed by atoms with Gasteiger partial charge >= 0.3 is 6.03 Å². The first kappa shape index (κ1) is 37.6. The number of nitrogens with one attached hydrogen (secondary N) is 3. The van der Waals surface area contributed by atoms with Gasteiger partial charge in [0.15, 0.2) is 0 Å². The van der Waals surface area contributed by atoms with Gasteiger partial charge in [0.1, 0.15) is 19.6 Å². The number of piperazine rings is 3. The molecule has 3 saturated heterocycles. The highest BCUT2D eigenvalue weighted by Gasteiger charge is 2.63. The third kappa shape index (κ3) is 8.52. The van der Waals surface area contributed by atoms with Crippen LogP contribution in [0.15, 0.2) is 0 Å². The average molecular weight is 709 g/mol. The number of rotatable bonds is 18. The molecule has 8 bridgehead atoms. The van der Waals surface area contributed by atoms with Crippen LogP contribution in [-0.4, -0.2) is 86.1 Å². The monoisotopic (exact) mass is 709 g/mol. The molecule has 10 fully saturated rings. The van der Waals surface area contributed by atoms with Crippen LogP contribution in [0.25, 0.3) is 0 Å². The molecule has 4 unspecified atom stereocenters. The summed E-state index contributed by atoms with van der Waals surface area (Å²) in [6, 6.07) is 0.244. The van der Waals surface area contributed by atoms with E-state index in [0.717, 1.165) is 84.1 Å². The second kappa shape index (κ2) is 15.6. The Hall–Kier alpha value is -1.67. The molecule has 3 heterocycles. The standard InChI is InChI=1S/C43H73N5O3/c1-3-5-7-9-35(10-8-6-4-2)23-37(49)44-31-41-24-36-25-42(28-41,32-45-38(50)27-40-14-11-34(12-15-40)13-16-40)30-43(26-36,29-41)33-46-39(51)48-20-17-47(18-21-48)19-22-48/h34-36H,3-33H2,1-2H3,(H2-,44,45,46,49,50,51)/p+1. The molecule has 51 heavy (non-hydrogen) atoms. The maximum atomic E-state index is 13.9. The van der Waals surface area contributed by atoms with Crippen molar-refractivity contribution < 1.29 is 18.9 Å². The van der Waals surface area contributed by atoms with E-state index in [-0.39, 0.29) is 39.5 Å². The van der Waals surface area contributed by atoms with Crippen molar-refractivity contribution in [2.24, 2.45) is 39.4 Å². The molecule has 10 rings (SSSR count). The number of carbonyl (C=O) groups is 3. The average Bonchev–Trinajstić information content (AvgIpc) is 3.13. The van der Waals surface area contributed by atoms with Gasteiger partial charge in [-0.2, -0.15) is 0 Å². The lowest BCUT2D eigenvalue weighted by atomic mass is 9.39. The Labute approximate surface area is 310 Å². The number of carbonyl (C=O) groups excluding carboxylic acids is 3. The Balaban J connectivity index is 1.03. The highest BCUT2D eigenvalue weighted by molar-refractivity contribution is 5.77. The molecule has 7 saturated carbocycles. The Morgan fingerprint density at radius 3 is 1.65 bits per heavy atom. The van der Waals surface area contributed by atoms with Gasteiger partial charge in [-0.25, -0.2) is 9.28 Å². The molecular weight excluding hydrogens is 635 g/mol. The first-order chi connectivity index (χ1) is 24.6. The second-order valence-corrected chi connectivity index (χ2v) is 20.1. The largest absolute Gasteiger partial charge is 0.416 e. The minimum Gasteiger partial charge on any atom is -0.356 e. The number of quaternary nitrogens is 1. The van der Waals surface area contributed by atoms with Crippen LogP contribution < -0.4 is 16.0 Å². The van der Waals surface area contributed by atoms with Crippen LogP contribution in [0.3, 0.4) is 0 Å². The van der Waals surface area contributed by atoms with Gasteiger partial charge < -0.3 is 16.0 Å². The van der Waals surface area contributed by atoms with Crippen LogP contribution >= 0.6 is 0 Å². The van der Waals surface area contributed by atoms with E-state index in [1.165, 1.54) is 109 Å². The fraction of sp³-hybridized carbons (Fsp3) is 0.930. The first-order valence-corrected chi connectivity index (χ1v) is 22.0. The van der Waals surface area contributed by atoms with E-state index >= 15 is 0 Å². The third-order valence-corrected chi connectivity index (χ3v) is 16.0. The van der Waals surface area contributed by atoms with Crippen LogP contribution in [0.1, 0.15) is 155 Å². The lowest BCUT2D eigenvalue weighted by Gasteiger charge is -2.67. The van der Waals surface area contributed by atoms with Crippen molar-refractivity contribution in [2.45, 2.75) is 155 Å². The van der Waals surface area contributed by atoms with E-state index in [1.54, 1.807) is 0 Å². The number of nitrogens with zero attached hydrogens (tertiary/aromatic N) is 2. The fourth-order valence-corrected chi connectivity index (χ4v) is 13.7. The van der Waals surface area contributed by atoms with Crippen molar-refractivity contribution in [3.05, 3.63) is 0 Å². The summed E-state index contributed by atoms with van der Waals surface area (Å²) < 4.78 is 0.610. The van der Waals surface area contributed by atoms with Gasteiger partial charge in [0, 0.05) is 52.1 Å². The Morgan fingerprint density at radius 2 is 1.14 bits per heavy atom. The van der Waals surface area contributed by atoms with Gasteiger partial charge in [-0.3, -0.25) is 14.5 Å². The molecule has 0 radical (unpaired) electrons. The Morgan fingerprint density at radius 1 is 0.647 bits per heavy atom. The van der Waals surface area contributed by atoms with Gasteiger partial charge in [-0.1, -0.05) is 52.4 Å².